The lowest BCUT2D eigenvalue weighted by molar-refractivity contribution is -0.384. The van der Waals surface area contributed by atoms with Crippen LogP contribution in [0.15, 0.2) is 48.5 Å². The summed E-state index contributed by atoms with van der Waals surface area (Å²) < 4.78 is 13.3. The van der Waals surface area contributed by atoms with E-state index < -0.39 is 10.7 Å². The van der Waals surface area contributed by atoms with Gasteiger partial charge in [0.05, 0.1) is 11.0 Å². The number of nitrogens with zero attached hydrogens (tertiary/aromatic N) is 1. The fourth-order valence-electron chi connectivity index (χ4n) is 2.08. The normalized spacial score (nSPS) is 11.9. The molecule has 0 fully saturated rings. The Morgan fingerprint density at radius 2 is 1.95 bits per heavy atom. The predicted octanol–water partition coefficient (Wildman–Crippen LogP) is 4.30. The van der Waals surface area contributed by atoms with Gasteiger partial charge in [-0.2, -0.15) is 0 Å². The first kappa shape index (κ1) is 14.0. The summed E-state index contributed by atoms with van der Waals surface area (Å²) in [7, 11) is 0. The van der Waals surface area contributed by atoms with Crippen molar-refractivity contribution in [3.8, 4) is 0 Å². The third kappa shape index (κ3) is 3.12. The third-order valence-corrected chi connectivity index (χ3v) is 3.10. The van der Waals surface area contributed by atoms with Crippen molar-refractivity contribution in [1.82, 2.24) is 0 Å². The monoisotopic (exact) mass is 274 g/mol. The first-order valence-electron chi connectivity index (χ1n) is 6.37. The van der Waals surface area contributed by atoms with Gasteiger partial charge in [-0.3, -0.25) is 10.1 Å². The number of nitro groups is 1. The number of nitrogens with one attached hydrogen (secondary N) is 1. The van der Waals surface area contributed by atoms with Crippen LogP contribution >= 0.6 is 0 Å². The highest BCUT2D eigenvalue weighted by atomic mass is 19.1. The number of nitro benzene ring substituents is 1. The Morgan fingerprint density at radius 3 is 2.55 bits per heavy atom. The van der Waals surface area contributed by atoms with Gasteiger partial charge >= 0.3 is 0 Å². The molecular formula is C15H15FN2O2. The Hall–Kier alpha value is -2.43. The minimum absolute atomic E-state index is 0.100. The van der Waals surface area contributed by atoms with Gasteiger partial charge in [-0.25, -0.2) is 4.39 Å². The first-order chi connectivity index (χ1) is 9.61. The van der Waals surface area contributed by atoms with Gasteiger partial charge in [0.1, 0.15) is 11.5 Å². The molecule has 0 saturated heterocycles. The van der Waals surface area contributed by atoms with Crippen molar-refractivity contribution in [2.45, 2.75) is 19.4 Å². The Balaban J connectivity index is 2.32. The van der Waals surface area contributed by atoms with Crippen LogP contribution in [-0.2, 0) is 0 Å². The Labute approximate surface area is 116 Å². The van der Waals surface area contributed by atoms with E-state index >= 15 is 0 Å². The molecule has 0 amide bonds. The van der Waals surface area contributed by atoms with Crippen molar-refractivity contribution in [1.29, 1.82) is 0 Å². The summed E-state index contributed by atoms with van der Waals surface area (Å²) in [6.45, 7) is 1.97. The molecule has 1 atom stereocenters. The molecule has 2 rings (SSSR count). The Bertz CT molecular complexity index is 602. The Morgan fingerprint density at radius 1 is 1.25 bits per heavy atom. The van der Waals surface area contributed by atoms with Gasteiger partial charge in [-0.15, -0.1) is 0 Å². The Kier molecular flexibility index (Phi) is 4.30. The maximum Gasteiger partial charge on any atom is 0.292 e. The van der Waals surface area contributed by atoms with Gasteiger partial charge in [0.2, 0.25) is 0 Å². The second-order valence-corrected chi connectivity index (χ2v) is 4.43. The van der Waals surface area contributed by atoms with E-state index in [9.17, 15) is 14.5 Å². The van der Waals surface area contributed by atoms with Crippen molar-refractivity contribution < 1.29 is 9.31 Å². The fraction of sp³-hybridized carbons (Fsp3) is 0.200. The maximum absolute atomic E-state index is 13.3. The largest absolute Gasteiger partial charge is 0.373 e. The van der Waals surface area contributed by atoms with E-state index in [1.54, 1.807) is 0 Å². The van der Waals surface area contributed by atoms with Crippen molar-refractivity contribution in [3.05, 3.63) is 70.0 Å². The second kappa shape index (κ2) is 6.14. The molecule has 0 bridgehead atoms. The molecule has 20 heavy (non-hydrogen) atoms. The van der Waals surface area contributed by atoms with Crippen molar-refractivity contribution in [3.63, 3.8) is 0 Å². The third-order valence-electron chi connectivity index (χ3n) is 3.10. The summed E-state index contributed by atoms with van der Waals surface area (Å²) in [6, 6.07) is 12.9. The van der Waals surface area contributed by atoms with E-state index in [4.69, 9.17) is 0 Å². The minimum Gasteiger partial charge on any atom is -0.373 e. The maximum atomic E-state index is 13.3. The summed E-state index contributed by atoms with van der Waals surface area (Å²) in [6.07, 6.45) is 0.734. The zero-order chi connectivity index (χ0) is 14.5. The molecule has 2 aromatic carbocycles. The van der Waals surface area contributed by atoms with E-state index in [2.05, 4.69) is 5.32 Å². The highest BCUT2D eigenvalue weighted by Crippen LogP contribution is 2.30. The number of rotatable bonds is 5. The molecule has 1 unspecified atom stereocenters. The number of hydrogen-bond donors (Lipinski definition) is 1. The quantitative estimate of drug-likeness (QED) is 0.653. The lowest BCUT2D eigenvalue weighted by atomic mass is 10.0. The number of benzene rings is 2. The van der Waals surface area contributed by atoms with Crippen molar-refractivity contribution in [2.75, 3.05) is 5.32 Å². The van der Waals surface area contributed by atoms with E-state index in [-0.39, 0.29) is 17.4 Å². The molecule has 0 aliphatic rings. The number of halogens is 1. The molecule has 0 aliphatic carbocycles. The molecule has 1 N–H and O–H groups in total. The van der Waals surface area contributed by atoms with Gasteiger partial charge in [-0.1, -0.05) is 37.3 Å². The van der Waals surface area contributed by atoms with Crippen LogP contribution in [0.2, 0.25) is 0 Å². The lowest BCUT2D eigenvalue weighted by Crippen LogP contribution is -2.11. The summed E-state index contributed by atoms with van der Waals surface area (Å²) in [5, 5.41) is 14.0. The molecule has 0 saturated carbocycles. The first-order valence-corrected chi connectivity index (χ1v) is 6.37. The van der Waals surface area contributed by atoms with Gasteiger partial charge in [0.25, 0.3) is 5.69 Å². The van der Waals surface area contributed by atoms with Crippen molar-refractivity contribution in [2.24, 2.45) is 0 Å². The number of hydrogen-bond acceptors (Lipinski definition) is 3. The minimum atomic E-state index is -0.514. The zero-order valence-electron chi connectivity index (χ0n) is 11.0. The highest BCUT2D eigenvalue weighted by molar-refractivity contribution is 5.62. The SMILES string of the molecule is CCC(Nc1cc(F)ccc1[N+](=O)[O-])c1ccccc1. The average molecular weight is 274 g/mol. The van der Waals surface area contributed by atoms with Crippen molar-refractivity contribution >= 4 is 11.4 Å². The lowest BCUT2D eigenvalue weighted by Gasteiger charge is -2.18. The topological polar surface area (TPSA) is 55.2 Å². The van der Waals surface area contributed by atoms with E-state index in [1.807, 2.05) is 37.3 Å². The molecule has 2 aromatic rings. The molecular weight excluding hydrogens is 259 g/mol. The van der Waals surface area contributed by atoms with Crippen LogP contribution < -0.4 is 5.32 Å². The van der Waals surface area contributed by atoms with Crippen LogP contribution in [0.5, 0.6) is 0 Å². The average Bonchev–Trinajstić information content (AvgIpc) is 2.45. The van der Waals surface area contributed by atoms with Crippen LogP contribution in [0.3, 0.4) is 0 Å². The smallest absolute Gasteiger partial charge is 0.292 e. The zero-order valence-corrected chi connectivity index (χ0v) is 11.0. The van der Waals surface area contributed by atoms with Crippen LogP contribution in [0.1, 0.15) is 24.9 Å². The van der Waals surface area contributed by atoms with Gasteiger partial charge in [0.15, 0.2) is 0 Å². The summed E-state index contributed by atoms with van der Waals surface area (Å²) in [5.74, 6) is -0.499. The van der Waals surface area contributed by atoms with E-state index in [0.29, 0.717) is 0 Å². The van der Waals surface area contributed by atoms with Crippen LogP contribution in [0, 0.1) is 15.9 Å². The standard InChI is InChI=1S/C15H15FN2O2/c1-2-13(11-6-4-3-5-7-11)17-14-10-12(16)8-9-15(14)18(19)20/h3-10,13,17H,2H2,1H3. The molecule has 0 spiro atoms. The fourth-order valence-corrected chi connectivity index (χ4v) is 2.08. The molecule has 0 aliphatic heterocycles. The molecule has 4 nitrogen and oxygen atoms in total. The van der Waals surface area contributed by atoms with Gasteiger partial charge < -0.3 is 5.32 Å². The molecule has 0 aromatic heterocycles. The summed E-state index contributed by atoms with van der Waals surface area (Å²) in [4.78, 5) is 10.5. The molecule has 5 heteroatoms. The van der Waals surface area contributed by atoms with Gasteiger partial charge in [0, 0.05) is 12.1 Å². The highest BCUT2D eigenvalue weighted by Gasteiger charge is 2.18. The molecule has 0 radical (unpaired) electrons. The molecule has 104 valence electrons. The van der Waals surface area contributed by atoms with Crippen LogP contribution in [0.4, 0.5) is 15.8 Å². The van der Waals surface area contributed by atoms with E-state index in [0.717, 1.165) is 24.1 Å². The molecule has 0 heterocycles. The van der Waals surface area contributed by atoms with Crippen LogP contribution in [-0.4, -0.2) is 4.92 Å². The van der Waals surface area contributed by atoms with Crippen LogP contribution in [0.25, 0.3) is 0 Å². The predicted molar refractivity (Wildman–Crippen MR) is 76.2 cm³/mol. The second-order valence-electron chi connectivity index (χ2n) is 4.43. The van der Waals surface area contributed by atoms with Gasteiger partial charge in [-0.05, 0) is 18.1 Å². The summed E-state index contributed by atoms with van der Waals surface area (Å²) in [5.41, 5.74) is 1.08. The number of anilines is 1. The summed E-state index contributed by atoms with van der Waals surface area (Å²) >= 11 is 0. The van der Waals surface area contributed by atoms with E-state index in [1.165, 1.54) is 6.07 Å².